The molecule has 0 heterocycles. The molecule has 2 aromatic carbocycles. The second-order valence-electron chi connectivity index (χ2n) is 5.40. The number of nitro groups is 1. The highest BCUT2D eigenvalue weighted by Gasteiger charge is 2.18. The lowest BCUT2D eigenvalue weighted by molar-refractivity contribution is -0.384. The molecular weight excluding hydrogens is 334 g/mol. The molecular formula is C19H17N3O4. The van der Waals surface area contributed by atoms with Gasteiger partial charge in [-0.1, -0.05) is 18.2 Å². The van der Waals surface area contributed by atoms with Crippen LogP contribution in [0, 0.1) is 28.4 Å². The fourth-order valence-electron chi connectivity index (χ4n) is 2.23. The summed E-state index contributed by atoms with van der Waals surface area (Å²) in [6.07, 6.45) is 1.41. The van der Waals surface area contributed by atoms with Crippen LogP contribution >= 0.6 is 0 Å². The van der Waals surface area contributed by atoms with Crippen LogP contribution in [0.2, 0.25) is 0 Å². The Balaban J connectivity index is 2.24. The van der Waals surface area contributed by atoms with Crippen LogP contribution < -0.4 is 10.1 Å². The molecule has 0 aliphatic rings. The smallest absolute Gasteiger partial charge is 0.293 e. The van der Waals surface area contributed by atoms with Crippen LogP contribution in [-0.2, 0) is 4.79 Å². The third kappa shape index (κ3) is 4.68. The van der Waals surface area contributed by atoms with Gasteiger partial charge in [0.2, 0.25) is 0 Å². The minimum Gasteiger partial charge on any atom is -0.494 e. The summed E-state index contributed by atoms with van der Waals surface area (Å²) in [6.45, 7) is 4.12. The van der Waals surface area contributed by atoms with Gasteiger partial charge in [-0.2, -0.15) is 5.26 Å². The average Bonchev–Trinajstić information content (AvgIpc) is 2.62. The van der Waals surface area contributed by atoms with Gasteiger partial charge in [-0.3, -0.25) is 14.9 Å². The molecule has 0 spiro atoms. The lowest BCUT2D eigenvalue weighted by Gasteiger charge is -2.06. The van der Waals surface area contributed by atoms with Crippen molar-refractivity contribution in [3.05, 3.63) is 69.3 Å². The predicted molar refractivity (Wildman–Crippen MR) is 97.7 cm³/mol. The Bertz CT molecular complexity index is 896. The number of carbonyl (C=O) groups excluding carboxylic acids is 1. The van der Waals surface area contributed by atoms with Crippen LogP contribution in [0.3, 0.4) is 0 Å². The van der Waals surface area contributed by atoms with Gasteiger partial charge in [0.1, 0.15) is 23.1 Å². The van der Waals surface area contributed by atoms with Crippen molar-refractivity contribution in [3.63, 3.8) is 0 Å². The zero-order chi connectivity index (χ0) is 19.1. The number of ether oxygens (including phenoxy) is 1. The third-order valence-corrected chi connectivity index (χ3v) is 3.47. The van der Waals surface area contributed by atoms with E-state index in [1.54, 1.807) is 37.3 Å². The molecule has 1 amide bonds. The van der Waals surface area contributed by atoms with Crippen molar-refractivity contribution in [1.82, 2.24) is 0 Å². The zero-order valence-corrected chi connectivity index (χ0v) is 14.4. The Morgan fingerprint density at radius 3 is 2.58 bits per heavy atom. The molecule has 0 aliphatic carbocycles. The summed E-state index contributed by atoms with van der Waals surface area (Å²) in [5, 5.41) is 22.8. The van der Waals surface area contributed by atoms with Gasteiger partial charge in [0.25, 0.3) is 11.6 Å². The average molecular weight is 351 g/mol. The molecule has 0 fully saturated rings. The van der Waals surface area contributed by atoms with E-state index in [0.717, 1.165) is 0 Å². The highest BCUT2D eigenvalue weighted by atomic mass is 16.6. The van der Waals surface area contributed by atoms with Crippen LogP contribution in [0.1, 0.15) is 18.1 Å². The van der Waals surface area contributed by atoms with Crippen LogP contribution in [0.4, 0.5) is 11.4 Å². The number of nitrogens with one attached hydrogen (secondary N) is 1. The van der Waals surface area contributed by atoms with Crippen molar-refractivity contribution in [2.45, 2.75) is 13.8 Å². The molecule has 0 bridgehead atoms. The van der Waals surface area contributed by atoms with E-state index in [0.29, 0.717) is 23.5 Å². The van der Waals surface area contributed by atoms with Gasteiger partial charge in [-0.05, 0) is 49.2 Å². The van der Waals surface area contributed by atoms with Crippen molar-refractivity contribution in [1.29, 1.82) is 5.26 Å². The van der Waals surface area contributed by atoms with Crippen LogP contribution in [0.5, 0.6) is 5.75 Å². The Hall–Kier alpha value is -3.66. The van der Waals surface area contributed by atoms with Gasteiger partial charge >= 0.3 is 0 Å². The van der Waals surface area contributed by atoms with E-state index in [2.05, 4.69) is 5.32 Å². The topological polar surface area (TPSA) is 105 Å². The van der Waals surface area contributed by atoms with E-state index in [4.69, 9.17) is 4.74 Å². The molecule has 2 rings (SSSR count). The van der Waals surface area contributed by atoms with Crippen LogP contribution in [0.15, 0.2) is 48.0 Å². The van der Waals surface area contributed by atoms with Crippen molar-refractivity contribution in [2.75, 3.05) is 11.9 Å². The van der Waals surface area contributed by atoms with E-state index in [1.165, 1.54) is 18.2 Å². The first-order valence-electron chi connectivity index (χ1n) is 7.85. The molecule has 2 aromatic rings. The summed E-state index contributed by atoms with van der Waals surface area (Å²) in [5.74, 6) is -0.0313. The first-order chi connectivity index (χ1) is 12.4. The Morgan fingerprint density at radius 1 is 1.31 bits per heavy atom. The summed E-state index contributed by atoms with van der Waals surface area (Å²) < 4.78 is 5.34. The number of nitrogens with zero attached hydrogens (tertiary/aromatic N) is 2. The molecule has 0 saturated heterocycles. The van der Waals surface area contributed by atoms with E-state index < -0.39 is 10.8 Å². The van der Waals surface area contributed by atoms with Crippen molar-refractivity contribution >= 4 is 23.4 Å². The number of carbonyl (C=O) groups is 1. The van der Waals surface area contributed by atoms with Crippen LogP contribution in [-0.4, -0.2) is 17.4 Å². The number of aryl methyl sites for hydroxylation is 1. The van der Waals surface area contributed by atoms with Gasteiger partial charge in [0, 0.05) is 6.07 Å². The molecule has 0 atom stereocenters. The number of hydrogen-bond donors (Lipinski definition) is 1. The highest BCUT2D eigenvalue weighted by molar-refractivity contribution is 6.10. The van der Waals surface area contributed by atoms with E-state index >= 15 is 0 Å². The lowest BCUT2D eigenvalue weighted by Crippen LogP contribution is -2.14. The summed E-state index contributed by atoms with van der Waals surface area (Å²) in [4.78, 5) is 22.9. The molecule has 7 nitrogen and oxygen atoms in total. The van der Waals surface area contributed by atoms with Gasteiger partial charge in [0.05, 0.1) is 11.5 Å². The van der Waals surface area contributed by atoms with E-state index in [9.17, 15) is 20.2 Å². The number of nitriles is 1. The van der Waals surface area contributed by atoms with Gasteiger partial charge in [0.15, 0.2) is 0 Å². The molecule has 0 radical (unpaired) electrons. The third-order valence-electron chi connectivity index (χ3n) is 3.47. The van der Waals surface area contributed by atoms with Gasteiger partial charge in [-0.15, -0.1) is 0 Å². The minimum absolute atomic E-state index is 0.0402. The largest absolute Gasteiger partial charge is 0.494 e. The SMILES string of the molecule is CCOc1ccc(/C=C(\C#N)C(=O)Nc2ccc(C)cc2[N+](=O)[O-])cc1. The Labute approximate surface area is 150 Å². The van der Waals surface area contributed by atoms with Crippen molar-refractivity contribution < 1.29 is 14.5 Å². The van der Waals surface area contributed by atoms with Crippen molar-refractivity contribution in [3.8, 4) is 11.8 Å². The zero-order valence-electron chi connectivity index (χ0n) is 14.4. The molecule has 0 aromatic heterocycles. The number of benzene rings is 2. The summed E-state index contributed by atoms with van der Waals surface area (Å²) in [6, 6.07) is 13.1. The Kier molecular flexibility index (Phi) is 6.06. The molecule has 1 N–H and O–H groups in total. The molecule has 132 valence electrons. The summed E-state index contributed by atoms with van der Waals surface area (Å²) >= 11 is 0. The summed E-state index contributed by atoms with van der Waals surface area (Å²) in [7, 11) is 0. The maximum Gasteiger partial charge on any atom is 0.293 e. The standard InChI is InChI=1S/C19H17N3O4/c1-3-26-16-7-5-14(6-8-16)11-15(12-20)19(23)21-17-9-4-13(2)10-18(17)22(24)25/h4-11H,3H2,1-2H3,(H,21,23)/b15-11+. The summed E-state index contributed by atoms with van der Waals surface area (Å²) in [5.41, 5.74) is 0.984. The maximum atomic E-state index is 12.3. The normalized spacial score (nSPS) is 10.7. The Morgan fingerprint density at radius 2 is 2.00 bits per heavy atom. The molecule has 26 heavy (non-hydrogen) atoms. The minimum atomic E-state index is -0.715. The monoisotopic (exact) mass is 351 g/mol. The molecule has 0 unspecified atom stereocenters. The number of amides is 1. The van der Waals surface area contributed by atoms with Crippen molar-refractivity contribution in [2.24, 2.45) is 0 Å². The quantitative estimate of drug-likeness (QED) is 0.368. The van der Waals surface area contributed by atoms with E-state index in [1.807, 2.05) is 13.0 Å². The first kappa shape index (κ1) is 18.7. The molecule has 0 aliphatic heterocycles. The fourth-order valence-corrected chi connectivity index (χ4v) is 2.23. The maximum absolute atomic E-state index is 12.3. The second-order valence-corrected chi connectivity index (χ2v) is 5.40. The van der Waals surface area contributed by atoms with Gasteiger partial charge < -0.3 is 10.1 Å². The molecule has 7 heteroatoms. The van der Waals surface area contributed by atoms with Gasteiger partial charge in [-0.25, -0.2) is 0 Å². The second kappa shape index (κ2) is 8.44. The highest BCUT2D eigenvalue weighted by Crippen LogP contribution is 2.26. The van der Waals surface area contributed by atoms with Crippen LogP contribution in [0.25, 0.3) is 6.08 Å². The fraction of sp³-hybridized carbons (Fsp3) is 0.158. The number of hydrogen-bond acceptors (Lipinski definition) is 5. The predicted octanol–water partition coefficient (Wildman–Crippen LogP) is 3.85. The number of rotatable bonds is 6. The lowest BCUT2D eigenvalue weighted by atomic mass is 10.1. The molecule has 0 saturated carbocycles. The number of anilines is 1. The first-order valence-corrected chi connectivity index (χ1v) is 7.85. The number of nitro benzene ring substituents is 1. The van der Waals surface area contributed by atoms with E-state index in [-0.39, 0.29) is 16.9 Å².